The molecule has 0 spiro atoms. The zero-order valence-electron chi connectivity index (χ0n) is 14.7. The minimum absolute atomic E-state index is 0.202. The molecule has 0 radical (unpaired) electrons. The molecular weight excluding hydrogens is 334 g/mol. The molecule has 0 bridgehead atoms. The van der Waals surface area contributed by atoms with Crippen LogP contribution < -0.4 is 15.5 Å². The fourth-order valence-electron chi connectivity index (χ4n) is 3.25. The van der Waals surface area contributed by atoms with Crippen molar-refractivity contribution >= 4 is 29.0 Å². The van der Waals surface area contributed by atoms with Crippen LogP contribution in [0, 0.1) is 13.8 Å². The first kappa shape index (κ1) is 17.6. The van der Waals surface area contributed by atoms with E-state index in [9.17, 15) is 4.79 Å². The summed E-state index contributed by atoms with van der Waals surface area (Å²) in [5, 5.41) is 6.45. The third-order valence-electron chi connectivity index (χ3n) is 4.63. The number of aryl methyl sites for hydroxylation is 2. The molecule has 0 fully saturated rings. The fourth-order valence-corrected chi connectivity index (χ4v) is 3.42. The number of carbonyl (C=O) groups excluding carboxylic acids is 1. The molecule has 2 aromatic carbocycles. The summed E-state index contributed by atoms with van der Waals surface area (Å²) >= 11 is 6.08. The molecule has 2 aromatic rings. The van der Waals surface area contributed by atoms with Crippen LogP contribution in [0.4, 0.5) is 16.2 Å². The minimum atomic E-state index is -0.202. The molecule has 25 heavy (non-hydrogen) atoms. The Labute approximate surface area is 154 Å². The van der Waals surface area contributed by atoms with Gasteiger partial charge in [-0.05, 0) is 56.0 Å². The highest BCUT2D eigenvalue weighted by Crippen LogP contribution is 2.27. The quantitative estimate of drug-likeness (QED) is 0.844. The van der Waals surface area contributed by atoms with Crippen molar-refractivity contribution < 1.29 is 4.79 Å². The molecule has 0 saturated heterocycles. The predicted molar refractivity (Wildman–Crippen MR) is 105 cm³/mol. The van der Waals surface area contributed by atoms with E-state index >= 15 is 0 Å². The lowest BCUT2D eigenvalue weighted by molar-refractivity contribution is 0.252. The lowest BCUT2D eigenvalue weighted by Gasteiger charge is -2.31. The van der Waals surface area contributed by atoms with E-state index in [1.165, 1.54) is 16.8 Å². The van der Waals surface area contributed by atoms with Gasteiger partial charge in [-0.15, -0.1) is 0 Å². The molecule has 0 unspecified atom stereocenters. The molecule has 2 amide bonds. The lowest BCUT2D eigenvalue weighted by atomic mass is 10.00. The Kier molecular flexibility index (Phi) is 5.49. The van der Waals surface area contributed by atoms with Crippen molar-refractivity contribution in [2.75, 3.05) is 29.9 Å². The van der Waals surface area contributed by atoms with Crippen molar-refractivity contribution in [1.82, 2.24) is 5.32 Å². The number of urea groups is 1. The number of nitrogens with zero attached hydrogens (tertiary/aromatic N) is 1. The summed E-state index contributed by atoms with van der Waals surface area (Å²) in [5.74, 6) is 0. The smallest absolute Gasteiger partial charge is 0.319 e. The maximum Gasteiger partial charge on any atom is 0.319 e. The number of benzene rings is 2. The monoisotopic (exact) mass is 357 g/mol. The van der Waals surface area contributed by atoms with Crippen molar-refractivity contribution in [2.45, 2.75) is 26.7 Å². The van der Waals surface area contributed by atoms with Crippen molar-refractivity contribution in [2.24, 2.45) is 0 Å². The number of rotatable bonds is 4. The Morgan fingerprint density at radius 1 is 1.24 bits per heavy atom. The van der Waals surface area contributed by atoms with Crippen molar-refractivity contribution in [1.29, 1.82) is 0 Å². The van der Waals surface area contributed by atoms with Gasteiger partial charge in [0, 0.05) is 36.0 Å². The van der Waals surface area contributed by atoms with Gasteiger partial charge in [0.05, 0.1) is 0 Å². The number of hydrogen-bond acceptors (Lipinski definition) is 2. The highest BCUT2D eigenvalue weighted by atomic mass is 35.5. The molecule has 4 nitrogen and oxygen atoms in total. The van der Waals surface area contributed by atoms with Gasteiger partial charge in [-0.1, -0.05) is 35.4 Å². The van der Waals surface area contributed by atoms with Gasteiger partial charge in [0.15, 0.2) is 0 Å². The highest BCUT2D eigenvalue weighted by molar-refractivity contribution is 6.31. The van der Waals surface area contributed by atoms with Crippen LogP contribution >= 0.6 is 11.6 Å². The molecule has 0 aromatic heterocycles. The van der Waals surface area contributed by atoms with Crippen LogP contribution in [0.2, 0.25) is 5.02 Å². The average molecular weight is 358 g/mol. The summed E-state index contributed by atoms with van der Waals surface area (Å²) in [5.41, 5.74) is 5.62. The second-order valence-corrected chi connectivity index (χ2v) is 6.92. The third-order valence-corrected chi connectivity index (χ3v) is 5.04. The minimum Gasteiger partial charge on any atom is -0.370 e. The van der Waals surface area contributed by atoms with E-state index in [2.05, 4.69) is 40.7 Å². The summed E-state index contributed by atoms with van der Waals surface area (Å²) in [4.78, 5) is 14.5. The molecule has 0 atom stereocenters. The summed E-state index contributed by atoms with van der Waals surface area (Å²) in [6.07, 6.45) is 2.29. The third kappa shape index (κ3) is 4.26. The largest absolute Gasteiger partial charge is 0.370 e. The van der Waals surface area contributed by atoms with E-state index in [-0.39, 0.29) is 6.03 Å². The lowest BCUT2D eigenvalue weighted by Crippen LogP contribution is -2.39. The molecular formula is C20H24ClN3O. The number of hydrogen-bond donors (Lipinski definition) is 2. The van der Waals surface area contributed by atoms with Gasteiger partial charge in [-0.2, -0.15) is 0 Å². The second-order valence-electron chi connectivity index (χ2n) is 6.52. The van der Waals surface area contributed by atoms with Crippen molar-refractivity contribution in [3.63, 3.8) is 0 Å². The van der Waals surface area contributed by atoms with Gasteiger partial charge in [-0.3, -0.25) is 0 Å². The first-order chi connectivity index (χ1) is 12.0. The number of carbonyl (C=O) groups is 1. The van der Waals surface area contributed by atoms with Crippen LogP contribution in [0.5, 0.6) is 0 Å². The maximum absolute atomic E-state index is 12.1. The van der Waals surface area contributed by atoms with Crippen LogP contribution in [-0.2, 0) is 6.42 Å². The fraction of sp³-hybridized carbons (Fsp3) is 0.350. The SMILES string of the molecule is Cc1ccc2c(c1)CCCN2CCNC(=O)Nc1cccc(Cl)c1C. The van der Waals surface area contributed by atoms with Gasteiger partial charge in [-0.25, -0.2) is 4.79 Å². The standard InChI is InChI=1S/C20H24ClN3O/c1-14-8-9-19-16(13-14)5-4-11-24(19)12-10-22-20(25)23-18-7-3-6-17(21)15(18)2/h3,6-9,13H,4-5,10-12H2,1-2H3,(H2,22,23,25). The Balaban J connectivity index is 1.53. The summed E-state index contributed by atoms with van der Waals surface area (Å²) < 4.78 is 0. The van der Waals surface area contributed by atoms with Crippen LogP contribution in [0.3, 0.4) is 0 Å². The van der Waals surface area contributed by atoms with E-state index < -0.39 is 0 Å². The van der Waals surface area contributed by atoms with E-state index in [0.29, 0.717) is 11.6 Å². The number of amides is 2. The van der Waals surface area contributed by atoms with Crippen molar-refractivity contribution in [3.05, 3.63) is 58.1 Å². The van der Waals surface area contributed by atoms with Crippen LogP contribution in [0.15, 0.2) is 36.4 Å². The number of halogens is 1. The van der Waals surface area contributed by atoms with Crippen LogP contribution in [0.25, 0.3) is 0 Å². The average Bonchev–Trinajstić information content (AvgIpc) is 2.59. The van der Waals surface area contributed by atoms with E-state index in [4.69, 9.17) is 11.6 Å². The molecule has 1 aliphatic heterocycles. The summed E-state index contributed by atoms with van der Waals surface area (Å²) in [6, 6.07) is 11.9. The Morgan fingerprint density at radius 3 is 2.92 bits per heavy atom. The molecule has 5 heteroatoms. The number of nitrogens with one attached hydrogen (secondary N) is 2. The number of anilines is 2. The topological polar surface area (TPSA) is 44.4 Å². The Bertz CT molecular complexity index is 776. The zero-order valence-corrected chi connectivity index (χ0v) is 15.5. The normalized spacial score (nSPS) is 13.3. The first-order valence-corrected chi connectivity index (χ1v) is 9.07. The maximum atomic E-state index is 12.1. The number of fused-ring (bicyclic) bond motifs is 1. The van der Waals surface area contributed by atoms with Crippen LogP contribution in [-0.4, -0.2) is 25.7 Å². The molecule has 132 valence electrons. The highest BCUT2D eigenvalue weighted by Gasteiger charge is 2.16. The summed E-state index contributed by atoms with van der Waals surface area (Å²) in [6.45, 7) is 6.46. The molecule has 1 heterocycles. The van der Waals surface area contributed by atoms with Crippen LogP contribution in [0.1, 0.15) is 23.1 Å². The molecule has 2 N–H and O–H groups in total. The predicted octanol–water partition coefficient (Wildman–Crippen LogP) is 4.53. The van der Waals surface area contributed by atoms with Crippen molar-refractivity contribution in [3.8, 4) is 0 Å². The second kappa shape index (κ2) is 7.79. The van der Waals surface area contributed by atoms with E-state index in [1.807, 2.05) is 25.1 Å². The van der Waals surface area contributed by atoms with Gasteiger partial charge in [0.2, 0.25) is 0 Å². The van der Waals surface area contributed by atoms with Gasteiger partial charge in [0.25, 0.3) is 0 Å². The van der Waals surface area contributed by atoms with Gasteiger partial charge >= 0.3 is 6.03 Å². The van der Waals surface area contributed by atoms with Gasteiger partial charge in [0.1, 0.15) is 0 Å². The first-order valence-electron chi connectivity index (χ1n) is 8.69. The zero-order chi connectivity index (χ0) is 17.8. The van der Waals surface area contributed by atoms with E-state index in [0.717, 1.165) is 37.2 Å². The summed E-state index contributed by atoms with van der Waals surface area (Å²) in [7, 11) is 0. The molecule has 3 rings (SSSR count). The molecule has 0 saturated carbocycles. The van der Waals surface area contributed by atoms with E-state index in [1.54, 1.807) is 0 Å². The van der Waals surface area contributed by atoms with Gasteiger partial charge < -0.3 is 15.5 Å². The Hall–Kier alpha value is -2.20. The Morgan fingerprint density at radius 2 is 2.08 bits per heavy atom. The molecule has 1 aliphatic rings. The molecule has 0 aliphatic carbocycles.